The van der Waals surface area contributed by atoms with E-state index in [0.717, 1.165) is 24.3 Å². The molecule has 2 nitrogen and oxygen atoms in total. The molecule has 0 heterocycles. The highest BCUT2D eigenvalue weighted by Crippen LogP contribution is 2.17. The third-order valence-electron chi connectivity index (χ3n) is 2.65. The molecule has 94 valence electrons. The van der Waals surface area contributed by atoms with Gasteiger partial charge in [0.15, 0.2) is 0 Å². The van der Waals surface area contributed by atoms with E-state index >= 15 is 0 Å². The summed E-state index contributed by atoms with van der Waals surface area (Å²) in [5.74, 6) is 0.819. The van der Waals surface area contributed by atoms with Crippen molar-refractivity contribution in [2.75, 3.05) is 12.3 Å². The lowest BCUT2D eigenvalue weighted by Gasteiger charge is -2.06. The van der Waals surface area contributed by atoms with Crippen LogP contribution in [-0.2, 0) is 6.42 Å². The van der Waals surface area contributed by atoms with Crippen LogP contribution in [0.4, 0.5) is 5.69 Å². The predicted octanol–water partition coefficient (Wildman–Crippen LogP) is 3.93. The van der Waals surface area contributed by atoms with Crippen LogP contribution < -0.4 is 10.5 Å². The van der Waals surface area contributed by atoms with Crippen LogP contribution in [0, 0.1) is 0 Å². The van der Waals surface area contributed by atoms with Gasteiger partial charge in [0.25, 0.3) is 0 Å². The van der Waals surface area contributed by atoms with E-state index in [9.17, 15) is 0 Å². The van der Waals surface area contributed by atoms with Gasteiger partial charge in [-0.1, -0.05) is 29.8 Å². The first kappa shape index (κ1) is 12.8. The Kier molecular flexibility index (Phi) is 4.48. The molecule has 2 aromatic rings. The Bertz CT molecular complexity index is 496. The third-order valence-corrected chi connectivity index (χ3v) is 2.89. The Morgan fingerprint density at radius 2 is 1.83 bits per heavy atom. The van der Waals surface area contributed by atoms with Gasteiger partial charge in [0.05, 0.1) is 6.61 Å². The Labute approximate surface area is 112 Å². The van der Waals surface area contributed by atoms with Gasteiger partial charge in [-0.2, -0.15) is 0 Å². The summed E-state index contributed by atoms with van der Waals surface area (Å²) in [7, 11) is 0. The molecule has 2 rings (SSSR count). The van der Waals surface area contributed by atoms with Crippen molar-refractivity contribution in [1.29, 1.82) is 0 Å². The van der Waals surface area contributed by atoms with Gasteiger partial charge in [0.2, 0.25) is 0 Å². The average molecular weight is 262 g/mol. The molecule has 0 unspecified atom stereocenters. The molecule has 0 spiro atoms. The van der Waals surface area contributed by atoms with Gasteiger partial charge in [0, 0.05) is 10.7 Å². The molecule has 0 atom stereocenters. The molecule has 0 aliphatic heterocycles. The summed E-state index contributed by atoms with van der Waals surface area (Å²) in [5.41, 5.74) is 7.71. The Balaban J connectivity index is 1.74. The Morgan fingerprint density at radius 3 is 2.56 bits per heavy atom. The maximum absolute atomic E-state index is 5.88. The summed E-state index contributed by atoms with van der Waals surface area (Å²) in [6, 6.07) is 15.4. The second-order valence-electron chi connectivity index (χ2n) is 4.15. The van der Waals surface area contributed by atoms with E-state index in [-0.39, 0.29) is 0 Å². The fraction of sp³-hybridized carbons (Fsp3) is 0.200. The summed E-state index contributed by atoms with van der Waals surface area (Å²) < 4.78 is 5.62. The van der Waals surface area contributed by atoms with Crippen molar-refractivity contribution in [2.24, 2.45) is 0 Å². The van der Waals surface area contributed by atoms with Gasteiger partial charge < -0.3 is 10.5 Å². The number of ether oxygens (including phenoxy) is 1. The SMILES string of the molecule is Nc1ccc(CCCOc2cccc(Cl)c2)cc1. The normalized spacial score (nSPS) is 10.3. The molecule has 0 saturated heterocycles. The zero-order valence-electron chi connectivity index (χ0n) is 10.1. The first-order valence-corrected chi connectivity index (χ1v) is 6.34. The summed E-state index contributed by atoms with van der Waals surface area (Å²) >= 11 is 5.88. The van der Waals surface area contributed by atoms with E-state index in [1.165, 1.54) is 5.56 Å². The Morgan fingerprint density at radius 1 is 1.06 bits per heavy atom. The molecule has 0 bridgehead atoms. The first-order valence-electron chi connectivity index (χ1n) is 5.97. The predicted molar refractivity (Wildman–Crippen MR) is 76.1 cm³/mol. The van der Waals surface area contributed by atoms with Gasteiger partial charge in [-0.15, -0.1) is 0 Å². The van der Waals surface area contributed by atoms with Crippen molar-refractivity contribution >= 4 is 17.3 Å². The topological polar surface area (TPSA) is 35.2 Å². The van der Waals surface area contributed by atoms with Gasteiger partial charge in [-0.3, -0.25) is 0 Å². The summed E-state index contributed by atoms with van der Waals surface area (Å²) in [6.45, 7) is 0.685. The standard InChI is InChI=1S/C15H16ClNO/c16-13-4-1-5-15(11-13)18-10-2-3-12-6-8-14(17)9-7-12/h1,4-9,11H,2-3,10,17H2. The number of halogens is 1. The van der Waals surface area contributed by atoms with Crippen LogP contribution in [0.3, 0.4) is 0 Å². The highest BCUT2D eigenvalue weighted by atomic mass is 35.5. The summed E-state index contributed by atoms with van der Waals surface area (Å²) in [5, 5.41) is 0.700. The van der Waals surface area contributed by atoms with Crippen molar-refractivity contribution in [1.82, 2.24) is 0 Å². The van der Waals surface area contributed by atoms with Crippen molar-refractivity contribution < 1.29 is 4.74 Å². The molecule has 0 amide bonds. The van der Waals surface area contributed by atoms with Crippen LogP contribution >= 0.6 is 11.6 Å². The summed E-state index contributed by atoms with van der Waals surface area (Å²) in [4.78, 5) is 0. The number of aryl methyl sites for hydroxylation is 1. The molecule has 0 saturated carbocycles. The third kappa shape index (κ3) is 3.97. The molecule has 2 N–H and O–H groups in total. The van der Waals surface area contributed by atoms with Gasteiger partial charge in [-0.05, 0) is 48.7 Å². The Hall–Kier alpha value is -1.67. The smallest absolute Gasteiger partial charge is 0.120 e. The number of nitrogens with two attached hydrogens (primary N) is 1. The van der Waals surface area contributed by atoms with Crippen molar-refractivity contribution in [3.05, 3.63) is 59.1 Å². The number of rotatable bonds is 5. The monoisotopic (exact) mass is 261 g/mol. The zero-order chi connectivity index (χ0) is 12.8. The number of hydrogen-bond donors (Lipinski definition) is 1. The van der Waals surface area contributed by atoms with E-state index in [1.54, 1.807) is 0 Å². The fourth-order valence-corrected chi connectivity index (χ4v) is 1.89. The number of anilines is 1. The number of benzene rings is 2. The van der Waals surface area contributed by atoms with Crippen molar-refractivity contribution in [3.8, 4) is 5.75 Å². The molecule has 0 aliphatic rings. The van der Waals surface area contributed by atoms with Crippen molar-refractivity contribution in [3.63, 3.8) is 0 Å². The molecule has 0 radical (unpaired) electrons. The molecule has 0 aliphatic carbocycles. The van der Waals surface area contributed by atoms with Crippen LogP contribution in [0.5, 0.6) is 5.75 Å². The first-order chi connectivity index (χ1) is 8.74. The van der Waals surface area contributed by atoms with Crippen molar-refractivity contribution in [2.45, 2.75) is 12.8 Å². The fourth-order valence-electron chi connectivity index (χ4n) is 1.71. The van der Waals surface area contributed by atoms with Crippen LogP contribution in [-0.4, -0.2) is 6.61 Å². The molecule has 0 aromatic heterocycles. The second-order valence-corrected chi connectivity index (χ2v) is 4.59. The van der Waals surface area contributed by atoms with Gasteiger partial charge in [0.1, 0.15) is 5.75 Å². The molecular formula is C15H16ClNO. The lowest BCUT2D eigenvalue weighted by molar-refractivity contribution is 0.311. The van der Waals surface area contributed by atoms with E-state index in [0.29, 0.717) is 11.6 Å². The zero-order valence-corrected chi connectivity index (χ0v) is 10.9. The van der Waals surface area contributed by atoms with Crippen LogP contribution in [0.15, 0.2) is 48.5 Å². The molecule has 2 aromatic carbocycles. The van der Waals surface area contributed by atoms with Crippen LogP contribution in [0.25, 0.3) is 0 Å². The van der Waals surface area contributed by atoms with E-state index in [1.807, 2.05) is 36.4 Å². The second kappa shape index (κ2) is 6.31. The van der Waals surface area contributed by atoms with E-state index in [4.69, 9.17) is 22.1 Å². The quantitative estimate of drug-likeness (QED) is 0.654. The summed E-state index contributed by atoms with van der Waals surface area (Å²) in [6.07, 6.45) is 1.96. The number of hydrogen-bond acceptors (Lipinski definition) is 2. The lowest BCUT2D eigenvalue weighted by atomic mass is 10.1. The highest BCUT2D eigenvalue weighted by molar-refractivity contribution is 6.30. The number of nitrogen functional groups attached to an aromatic ring is 1. The highest BCUT2D eigenvalue weighted by Gasteiger charge is 1.96. The van der Waals surface area contributed by atoms with E-state index < -0.39 is 0 Å². The van der Waals surface area contributed by atoms with Crippen LogP contribution in [0.2, 0.25) is 5.02 Å². The molecule has 0 fully saturated rings. The maximum atomic E-state index is 5.88. The minimum absolute atomic E-state index is 0.685. The van der Waals surface area contributed by atoms with Gasteiger partial charge >= 0.3 is 0 Å². The lowest BCUT2D eigenvalue weighted by Crippen LogP contribution is -1.99. The van der Waals surface area contributed by atoms with Gasteiger partial charge in [-0.25, -0.2) is 0 Å². The minimum atomic E-state index is 0.685. The maximum Gasteiger partial charge on any atom is 0.120 e. The van der Waals surface area contributed by atoms with Crippen LogP contribution in [0.1, 0.15) is 12.0 Å². The molecule has 18 heavy (non-hydrogen) atoms. The molecular weight excluding hydrogens is 246 g/mol. The average Bonchev–Trinajstić information content (AvgIpc) is 2.37. The minimum Gasteiger partial charge on any atom is -0.494 e. The van der Waals surface area contributed by atoms with E-state index in [2.05, 4.69) is 12.1 Å². The molecule has 3 heteroatoms. The largest absolute Gasteiger partial charge is 0.494 e.